The Hall–Kier alpha value is -1.88. The Morgan fingerprint density at radius 3 is 1.67 bits per heavy atom. The summed E-state index contributed by atoms with van der Waals surface area (Å²) >= 11 is 0. The van der Waals surface area contributed by atoms with Crippen LogP contribution in [0, 0.1) is 5.92 Å². The second kappa shape index (κ2) is 6.16. The molecule has 0 aliphatic rings. The first kappa shape index (κ1) is 14.2. The lowest BCUT2D eigenvalue weighted by Gasteiger charge is -2.10. The molecule has 1 aromatic carbocycles. The topological polar surface area (TPSA) is 78.4 Å². The van der Waals surface area contributed by atoms with Crippen molar-refractivity contribution in [3.05, 3.63) is 24.3 Å². The van der Waals surface area contributed by atoms with Gasteiger partial charge in [-0.15, -0.1) is 0 Å². The molecule has 0 saturated carbocycles. The summed E-state index contributed by atoms with van der Waals surface area (Å²) in [7, 11) is 0. The molecule has 3 N–H and O–H groups in total. The first-order valence-corrected chi connectivity index (χ1v) is 5.80. The van der Waals surface area contributed by atoms with Crippen molar-refractivity contribution in [2.24, 2.45) is 5.92 Å². The molecule has 5 nitrogen and oxygen atoms in total. The van der Waals surface area contributed by atoms with E-state index in [9.17, 15) is 9.59 Å². The Morgan fingerprint density at radius 2 is 1.33 bits per heavy atom. The Kier molecular flexibility index (Phi) is 4.85. The zero-order valence-corrected chi connectivity index (χ0v) is 10.7. The smallest absolute Gasteiger partial charge is 0.252 e. The van der Waals surface area contributed by atoms with Crippen LogP contribution in [0.1, 0.15) is 20.8 Å². The maximum absolute atomic E-state index is 11.5. The van der Waals surface area contributed by atoms with Crippen molar-refractivity contribution < 1.29 is 14.7 Å². The zero-order valence-electron chi connectivity index (χ0n) is 10.7. The van der Waals surface area contributed by atoms with Crippen LogP contribution in [0.3, 0.4) is 0 Å². The van der Waals surface area contributed by atoms with Gasteiger partial charge in [-0.05, 0) is 31.2 Å². The number of hydrogen-bond donors (Lipinski definition) is 3. The number of rotatable bonds is 4. The first-order valence-electron chi connectivity index (χ1n) is 5.80. The molecule has 0 bridgehead atoms. The summed E-state index contributed by atoms with van der Waals surface area (Å²) in [6.45, 7) is 5.02. The van der Waals surface area contributed by atoms with Gasteiger partial charge in [0.15, 0.2) is 0 Å². The van der Waals surface area contributed by atoms with Gasteiger partial charge in [0.25, 0.3) is 5.91 Å². The molecule has 1 unspecified atom stereocenters. The van der Waals surface area contributed by atoms with E-state index >= 15 is 0 Å². The number of carbonyl (C=O) groups is 2. The molecule has 0 radical (unpaired) electrons. The summed E-state index contributed by atoms with van der Waals surface area (Å²) < 4.78 is 0. The minimum atomic E-state index is -1.05. The van der Waals surface area contributed by atoms with Gasteiger partial charge >= 0.3 is 0 Å². The maximum Gasteiger partial charge on any atom is 0.252 e. The van der Waals surface area contributed by atoms with Gasteiger partial charge in [-0.2, -0.15) is 0 Å². The van der Waals surface area contributed by atoms with Crippen LogP contribution >= 0.6 is 0 Å². The third kappa shape index (κ3) is 4.18. The van der Waals surface area contributed by atoms with Gasteiger partial charge < -0.3 is 15.7 Å². The van der Waals surface area contributed by atoms with Crippen molar-refractivity contribution in [3.8, 4) is 0 Å². The van der Waals surface area contributed by atoms with Crippen LogP contribution in [0.2, 0.25) is 0 Å². The monoisotopic (exact) mass is 250 g/mol. The summed E-state index contributed by atoms with van der Waals surface area (Å²) in [4.78, 5) is 22.7. The lowest BCUT2D eigenvalue weighted by Crippen LogP contribution is -2.24. The molecule has 1 rings (SSSR count). The molecule has 0 saturated heterocycles. The number of benzene rings is 1. The molecule has 0 spiro atoms. The molecule has 2 amide bonds. The van der Waals surface area contributed by atoms with Crippen molar-refractivity contribution in [1.29, 1.82) is 0 Å². The number of hydrogen-bond acceptors (Lipinski definition) is 3. The number of aliphatic hydroxyl groups excluding tert-OH is 1. The van der Waals surface area contributed by atoms with Crippen molar-refractivity contribution in [2.75, 3.05) is 10.6 Å². The Balaban J connectivity index is 2.63. The van der Waals surface area contributed by atoms with Crippen LogP contribution in [0.25, 0.3) is 0 Å². The molecule has 0 heterocycles. The minimum absolute atomic E-state index is 0.0595. The number of carbonyl (C=O) groups excluding carboxylic acids is 2. The normalized spacial score (nSPS) is 12.1. The summed E-state index contributed by atoms with van der Waals surface area (Å²) in [6, 6.07) is 6.71. The molecule has 1 aromatic rings. The SMILES string of the molecule is CC(C)C(=O)Nc1ccc(NC(=O)C(C)O)cc1. The molecule has 18 heavy (non-hydrogen) atoms. The average Bonchev–Trinajstić information content (AvgIpc) is 2.31. The van der Waals surface area contributed by atoms with E-state index in [1.54, 1.807) is 24.3 Å². The Labute approximate surface area is 106 Å². The zero-order chi connectivity index (χ0) is 13.7. The van der Waals surface area contributed by atoms with Gasteiger partial charge in [0, 0.05) is 17.3 Å². The van der Waals surface area contributed by atoms with Gasteiger partial charge in [0.2, 0.25) is 5.91 Å². The Bertz CT molecular complexity index is 383. The summed E-state index contributed by atoms with van der Waals surface area (Å²) in [5.41, 5.74) is 1.24. The van der Waals surface area contributed by atoms with E-state index in [2.05, 4.69) is 10.6 Å². The maximum atomic E-state index is 11.5. The quantitative estimate of drug-likeness (QED) is 0.759. The standard InChI is InChI=1S/C13H18N2O3/c1-8(2)12(17)14-10-4-6-11(7-5-10)15-13(18)9(3)16/h4-9,16H,1-3H3,(H,14,17)(H,15,18). The third-order valence-electron chi connectivity index (χ3n) is 2.32. The van der Waals surface area contributed by atoms with Gasteiger partial charge in [-0.1, -0.05) is 13.8 Å². The van der Waals surface area contributed by atoms with Gasteiger partial charge in [-0.3, -0.25) is 9.59 Å². The van der Waals surface area contributed by atoms with E-state index in [0.29, 0.717) is 11.4 Å². The lowest BCUT2D eigenvalue weighted by molar-refractivity contribution is -0.123. The Morgan fingerprint density at radius 1 is 0.944 bits per heavy atom. The van der Waals surface area contributed by atoms with E-state index in [-0.39, 0.29) is 11.8 Å². The van der Waals surface area contributed by atoms with Crippen molar-refractivity contribution in [1.82, 2.24) is 0 Å². The van der Waals surface area contributed by atoms with Crippen molar-refractivity contribution >= 4 is 23.2 Å². The predicted octanol–water partition coefficient (Wildman–Crippen LogP) is 1.60. The molecule has 0 fully saturated rings. The third-order valence-corrected chi connectivity index (χ3v) is 2.32. The fraction of sp³-hybridized carbons (Fsp3) is 0.385. The molecule has 0 aromatic heterocycles. The van der Waals surface area contributed by atoms with E-state index in [4.69, 9.17) is 5.11 Å². The number of amides is 2. The fourth-order valence-electron chi connectivity index (χ4n) is 1.17. The molecule has 0 aliphatic heterocycles. The summed E-state index contributed by atoms with van der Waals surface area (Å²) in [5.74, 6) is -0.607. The second-order valence-corrected chi connectivity index (χ2v) is 4.39. The number of aliphatic hydroxyl groups is 1. The van der Waals surface area contributed by atoms with E-state index in [0.717, 1.165) is 0 Å². The van der Waals surface area contributed by atoms with Crippen LogP contribution in [-0.4, -0.2) is 23.0 Å². The largest absolute Gasteiger partial charge is 0.384 e. The fourth-order valence-corrected chi connectivity index (χ4v) is 1.17. The van der Waals surface area contributed by atoms with Gasteiger partial charge in [0.1, 0.15) is 6.10 Å². The van der Waals surface area contributed by atoms with E-state index < -0.39 is 12.0 Å². The van der Waals surface area contributed by atoms with Gasteiger partial charge in [0.05, 0.1) is 0 Å². The second-order valence-electron chi connectivity index (χ2n) is 4.39. The van der Waals surface area contributed by atoms with Crippen LogP contribution in [0.5, 0.6) is 0 Å². The van der Waals surface area contributed by atoms with Crippen molar-refractivity contribution in [3.63, 3.8) is 0 Å². The molecular formula is C13H18N2O3. The summed E-state index contributed by atoms with van der Waals surface area (Å²) in [6.07, 6.45) is -1.05. The van der Waals surface area contributed by atoms with E-state index in [1.807, 2.05) is 13.8 Å². The highest BCUT2D eigenvalue weighted by molar-refractivity contribution is 5.95. The van der Waals surface area contributed by atoms with Crippen LogP contribution < -0.4 is 10.6 Å². The number of anilines is 2. The molecule has 5 heteroatoms. The van der Waals surface area contributed by atoms with Crippen LogP contribution in [0.15, 0.2) is 24.3 Å². The average molecular weight is 250 g/mol. The lowest BCUT2D eigenvalue weighted by atomic mass is 10.2. The summed E-state index contributed by atoms with van der Waals surface area (Å²) in [5, 5.41) is 14.3. The highest BCUT2D eigenvalue weighted by Crippen LogP contribution is 2.14. The molecule has 0 aliphatic carbocycles. The predicted molar refractivity (Wildman–Crippen MR) is 70.2 cm³/mol. The minimum Gasteiger partial charge on any atom is -0.384 e. The molecular weight excluding hydrogens is 232 g/mol. The van der Waals surface area contributed by atoms with Gasteiger partial charge in [-0.25, -0.2) is 0 Å². The van der Waals surface area contributed by atoms with Crippen LogP contribution in [0.4, 0.5) is 11.4 Å². The van der Waals surface area contributed by atoms with Crippen molar-refractivity contribution in [2.45, 2.75) is 26.9 Å². The van der Waals surface area contributed by atoms with E-state index in [1.165, 1.54) is 6.92 Å². The first-order chi connectivity index (χ1) is 8.40. The highest BCUT2D eigenvalue weighted by Gasteiger charge is 2.09. The number of nitrogens with one attached hydrogen (secondary N) is 2. The van der Waals surface area contributed by atoms with Crippen LogP contribution in [-0.2, 0) is 9.59 Å². The molecule has 98 valence electrons. The molecule has 1 atom stereocenters. The highest BCUT2D eigenvalue weighted by atomic mass is 16.3.